The van der Waals surface area contributed by atoms with Crippen molar-refractivity contribution in [3.63, 3.8) is 0 Å². The van der Waals surface area contributed by atoms with E-state index in [1.807, 2.05) is 0 Å². The molecule has 0 aliphatic heterocycles. The Labute approximate surface area is 182 Å². The summed E-state index contributed by atoms with van der Waals surface area (Å²) < 4.78 is 0. The first-order valence-corrected chi connectivity index (χ1v) is 9.32. The first-order valence-electron chi connectivity index (χ1n) is 9.32. The number of benzene rings is 1. The number of nitrogens with two attached hydrogens (primary N) is 2. The highest BCUT2D eigenvalue weighted by Gasteiger charge is 2.21. The molecule has 32 heavy (non-hydrogen) atoms. The van der Waals surface area contributed by atoms with Crippen LogP contribution in [0.2, 0.25) is 0 Å². The number of carboxylic acids is 4. The second-order valence-electron chi connectivity index (χ2n) is 6.69. The largest absolute Gasteiger partial charge is 0.508 e. The second kappa shape index (κ2) is 14.3. The summed E-state index contributed by atoms with van der Waals surface area (Å²) in [7, 11) is 0. The van der Waals surface area contributed by atoms with Crippen LogP contribution in [0.1, 0.15) is 31.2 Å². The quantitative estimate of drug-likeness (QED) is 0.187. The van der Waals surface area contributed by atoms with Crippen molar-refractivity contribution in [3.05, 3.63) is 29.8 Å². The summed E-state index contributed by atoms with van der Waals surface area (Å²) in [5.74, 6) is -5.14. The molecule has 1 amide bonds. The molecule has 0 heterocycles. The summed E-state index contributed by atoms with van der Waals surface area (Å²) in [5, 5.41) is 45.5. The number of hydrogen-bond acceptors (Lipinski definition) is 8. The predicted molar refractivity (Wildman–Crippen MR) is 109 cm³/mol. The molecule has 1 aromatic carbocycles. The lowest BCUT2D eigenvalue weighted by Crippen LogP contribution is -2.43. The molecule has 13 heteroatoms. The fourth-order valence-corrected chi connectivity index (χ4v) is 2.15. The van der Waals surface area contributed by atoms with E-state index in [0.717, 1.165) is 0 Å². The van der Waals surface area contributed by atoms with Gasteiger partial charge < -0.3 is 42.3 Å². The maximum Gasteiger partial charge on any atom is 0.326 e. The van der Waals surface area contributed by atoms with Crippen LogP contribution in [-0.2, 0) is 30.4 Å². The molecule has 10 N–H and O–H groups in total. The average molecular weight is 457 g/mol. The van der Waals surface area contributed by atoms with Gasteiger partial charge in [-0.25, -0.2) is 4.79 Å². The fourth-order valence-electron chi connectivity index (χ4n) is 2.15. The third kappa shape index (κ3) is 12.8. The number of aliphatic carboxylic acids is 4. The highest BCUT2D eigenvalue weighted by Crippen LogP contribution is 2.11. The predicted octanol–water partition coefficient (Wildman–Crippen LogP) is -1.04. The zero-order chi connectivity index (χ0) is 24.8. The van der Waals surface area contributed by atoms with Crippen molar-refractivity contribution in [2.75, 3.05) is 0 Å². The maximum atomic E-state index is 11.7. The molecule has 0 saturated heterocycles. The van der Waals surface area contributed by atoms with Gasteiger partial charge in [0.15, 0.2) is 0 Å². The van der Waals surface area contributed by atoms with Crippen molar-refractivity contribution in [3.8, 4) is 5.75 Å². The van der Waals surface area contributed by atoms with E-state index in [2.05, 4.69) is 5.32 Å². The Kier molecular flexibility index (Phi) is 12.7. The molecule has 3 unspecified atom stereocenters. The SMILES string of the molecule is NC(CCC(=O)NC(Cc1ccc(O)cc1)C(=O)O)C(=O)O.NC(CCC(=O)O)C(=O)O. The van der Waals surface area contributed by atoms with Gasteiger partial charge >= 0.3 is 23.9 Å². The van der Waals surface area contributed by atoms with Gasteiger partial charge in [-0.3, -0.25) is 19.2 Å². The number of carbonyl (C=O) groups is 5. The lowest BCUT2D eigenvalue weighted by Gasteiger charge is -2.15. The van der Waals surface area contributed by atoms with Gasteiger partial charge in [0, 0.05) is 19.3 Å². The van der Waals surface area contributed by atoms with E-state index in [1.54, 1.807) is 12.1 Å². The van der Waals surface area contributed by atoms with Gasteiger partial charge in [-0.15, -0.1) is 0 Å². The van der Waals surface area contributed by atoms with Crippen molar-refractivity contribution >= 4 is 29.8 Å². The first-order chi connectivity index (χ1) is 14.8. The van der Waals surface area contributed by atoms with Crippen LogP contribution in [0.5, 0.6) is 5.75 Å². The highest BCUT2D eigenvalue weighted by atomic mass is 16.4. The molecule has 0 radical (unpaired) electrons. The van der Waals surface area contributed by atoms with Crippen LogP contribution in [0, 0.1) is 0 Å². The Hall–Kier alpha value is -3.71. The summed E-state index contributed by atoms with van der Waals surface area (Å²) in [6.07, 6.45) is -0.427. The van der Waals surface area contributed by atoms with Gasteiger partial charge in [-0.2, -0.15) is 0 Å². The Morgan fingerprint density at radius 1 is 0.781 bits per heavy atom. The number of rotatable bonds is 12. The Balaban J connectivity index is 0.000000809. The molecule has 0 spiro atoms. The molecular weight excluding hydrogens is 430 g/mol. The molecule has 13 nitrogen and oxygen atoms in total. The monoisotopic (exact) mass is 457 g/mol. The van der Waals surface area contributed by atoms with Gasteiger partial charge in [0.05, 0.1) is 0 Å². The molecule has 0 aliphatic carbocycles. The van der Waals surface area contributed by atoms with Crippen LogP contribution in [0.15, 0.2) is 24.3 Å². The number of carboxylic acid groups (broad SMARTS) is 4. The topological polar surface area (TPSA) is 251 Å². The third-order valence-electron chi connectivity index (χ3n) is 4.00. The first kappa shape index (κ1) is 28.3. The van der Waals surface area contributed by atoms with Crippen molar-refractivity contribution in [2.45, 2.75) is 50.2 Å². The van der Waals surface area contributed by atoms with E-state index in [0.29, 0.717) is 5.56 Å². The third-order valence-corrected chi connectivity index (χ3v) is 4.00. The van der Waals surface area contributed by atoms with E-state index >= 15 is 0 Å². The van der Waals surface area contributed by atoms with Crippen LogP contribution in [0.25, 0.3) is 0 Å². The van der Waals surface area contributed by atoms with Gasteiger partial charge in [0.25, 0.3) is 0 Å². The zero-order valence-electron chi connectivity index (χ0n) is 17.0. The lowest BCUT2D eigenvalue weighted by molar-refractivity contribution is -0.142. The summed E-state index contributed by atoms with van der Waals surface area (Å²) >= 11 is 0. The molecule has 3 atom stereocenters. The highest BCUT2D eigenvalue weighted by molar-refractivity contribution is 5.84. The number of phenolic OH excluding ortho intramolecular Hbond substituents is 1. The number of hydrogen-bond donors (Lipinski definition) is 8. The summed E-state index contributed by atoms with van der Waals surface area (Å²) in [6.45, 7) is 0. The van der Waals surface area contributed by atoms with Crippen LogP contribution in [-0.4, -0.2) is 73.4 Å². The molecule has 0 saturated carbocycles. The second-order valence-corrected chi connectivity index (χ2v) is 6.69. The Bertz CT molecular complexity index is 797. The molecule has 1 rings (SSSR count). The van der Waals surface area contributed by atoms with Gasteiger partial charge in [0.2, 0.25) is 5.91 Å². The minimum Gasteiger partial charge on any atom is -0.508 e. The molecule has 0 bridgehead atoms. The van der Waals surface area contributed by atoms with Crippen molar-refractivity contribution in [1.82, 2.24) is 5.32 Å². The maximum absolute atomic E-state index is 11.7. The Morgan fingerprint density at radius 2 is 1.25 bits per heavy atom. The number of nitrogens with one attached hydrogen (secondary N) is 1. The summed E-state index contributed by atoms with van der Waals surface area (Å²) in [4.78, 5) is 53.2. The minimum absolute atomic E-state index is 0.0231. The van der Waals surface area contributed by atoms with Gasteiger partial charge in [0.1, 0.15) is 23.9 Å². The molecule has 178 valence electrons. The van der Waals surface area contributed by atoms with E-state index in [1.165, 1.54) is 12.1 Å². The van der Waals surface area contributed by atoms with Crippen LogP contribution >= 0.6 is 0 Å². The fraction of sp³-hybridized carbons (Fsp3) is 0.421. The molecule has 0 aliphatic rings. The van der Waals surface area contributed by atoms with Gasteiger partial charge in [-0.05, 0) is 30.5 Å². The van der Waals surface area contributed by atoms with Crippen LogP contribution in [0.3, 0.4) is 0 Å². The Morgan fingerprint density at radius 3 is 1.66 bits per heavy atom. The molecular formula is C19H27N3O10. The van der Waals surface area contributed by atoms with Crippen molar-refractivity contribution in [2.24, 2.45) is 11.5 Å². The number of phenols is 1. The van der Waals surface area contributed by atoms with Crippen molar-refractivity contribution < 1.29 is 49.5 Å². The molecule has 0 aromatic heterocycles. The minimum atomic E-state index is -1.22. The average Bonchev–Trinajstić information content (AvgIpc) is 2.71. The lowest BCUT2D eigenvalue weighted by atomic mass is 10.1. The van der Waals surface area contributed by atoms with Gasteiger partial charge in [-0.1, -0.05) is 12.1 Å². The smallest absolute Gasteiger partial charge is 0.326 e. The van der Waals surface area contributed by atoms with E-state index in [-0.39, 0.29) is 37.9 Å². The summed E-state index contributed by atoms with van der Waals surface area (Å²) in [5.41, 5.74) is 10.9. The standard InChI is InChI=1S/C14H18N2O6.C5H9NO4/c15-10(13(19)20)5-6-12(18)16-11(14(21)22)7-8-1-3-9(17)4-2-8;6-3(5(9)10)1-2-4(7)8/h1-4,10-11,17H,5-7,15H2,(H,16,18)(H,19,20)(H,21,22);3H,1-2,6H2,(H,7,8)(H,9,10). The zero-order valence-corrected chi connectivity index (χ0v) is 17.0. The number of aromatic hydroxyl groups is 1. The number of amides is 1. The van der Waals surface area contributed by atoms with Crippen LogP contribution in [0.4, 0.5) is 0 Å². The van der Waals surface area contributed by atoms with Crippen LogP contribution < -0.4 is 16.8 Å². The van der Waals surface area contributed by atoms with Crippen molar-refractivity contribution in [1.29, 1.82) is 0 Å². The molecule has 0 fully saturated rings. The van der Waals surface area contributed by atoms with E-state index in [9.17, 15) is 24.0 Å². The number of carbonyl (C=O) groups excluding carboxylic acids is 1. The molecule has 1 aromatic rings. The van der Waals surface area contributed by atoms with E-state index < -0.39 is 47.9 Å². The summed E-state index contributed by atoms with van der Waals surface area (Å²) in [6, 6.07) is 2.58. The normalized spacial score (nSPS) is 12.9. The van der Waals surface area contributed by atoms with E-state index in [4.69, 9.17) is 37.0 Å².